The first-order chi connectivity index (χ1) is 13.5. The van der Waals surface area contributed by atoms with Crippen molar-refractivity contribution in [2.45, 2.75) is 6.54 Å². The predicted molar refractivity (Wildman–Crippen MR) is 97.4 cm³/mol. The maximum absolute atomic E-state index is 12.5. The fraction of sp³-hybridized carbons (Fsp3) is 0.294. The Kier molecular flexibility index (Phi) is 4.90. The van der Waals surface area contributed by atoms with E-state index in [0.29, 0.717) is 30.8 Å². The van der Waals surface area contributed by atoms with E-state index in [-0.39, 0.29) is 35.8 Å². The summed E-state index contributed by atoms with van der Waals surface area (Å²) >= 11 is 3.16. The van der Waals surface area contributed by atoms with Crippen LogP contribution in [0.5, 0.6) is 0 Å². The molecular weight excluding hydrogens is 436 g/mol. The summed E-state index contributed by atoms with van der Waals surface area (Å²) in [6.45, 7) is 1.22. The van der Waals surface area contributed by atoms with E-state index in [1.165, 1.54) is 6.26 Å². The van der Waals surface area contributed by atoms with E-state index in [9.17, 15) is 14.4 Å². The molecule has 28 heavy (non-hydrogen) atoms. The summed E-state index contributed by atoms with van der Waals surface area (Å²) in [5, 5.41) is 4.00. The van der Waals surface area contributed by atoms with Crippen molar-refractivity contribution >= 4 is 27.7 Å². The molecule has 1 saturated heterocycles. The number of carbonyl (C=O) groups is 2. The highest BCUT2D eigenvalue weighted by Crippen LogP contribution is 2.22. The molecule has 11 heteroatoms. The molecule has 0 aromatic carbocycles. The largest absolute Gasteiger partial charge is 0.459 e. The van der Waals surface area contributed by atoms with E-state index in [1.54, 1.807) is 34.1 Å². The molecule has 1 fully saturated rings. The van der Waals surface area contributed by atoms with Crippen LogP contribution in [0.15, 0.2) is 53.2 Å². The summed E-state index contributed by atoms with van der Waals surface area (Å²) in [5.41, 5.74) is 0. The van der Waals surface area contributed by atoms with Crippen molar-refractivity contribution in [1.29, 1.82) is 0 Å². The average molecular weight is 451 g/mol. The predicted octanol–water partition coefficient (Wildman–Crippen LogP) is 1.44. The monoisotopic (exact) mass is 450 g/mol. The number of amides is 2. The number of rotatable bonds is 4. The molecule has 3 aromatic heterocycles. The minimum atomic E-state index is -0.748. The molecule has 4 heterocycles. The standard InChI is InChI=1S/C17H15BrN4O6/c18-13-4-3-11(27-13)15-19-22(17(25)28-15)10-14(23)20-5-7-21(8-6-20)16(24)12-2-1-9-26-12/h1-4,9H,5-8,10H2. The van der Waals surface area contributed by atoms with Crippen LogP contribution in [0.2, 0.25) is 0 Å². The highest BCUT2D eigenvalue weighted by Gasteiger charge is 2.27. The van der Waals surface area contributed by atoms with Crippen molar-refractivity contribution < 1.29 is 22.8 Å². The number of hydrogen-bond donors (Lipinski definition) is 0. The Balaban J connectivity index is 1.37. The van der Waals surface area contributed by atoms with E-state index >= 15 is 0 Å². The molecule has 146 valence electrons. The van der Waals surface area contributed by atoms with Gasteiger partial charge in [-0.25, -0.2) is 4.79 Å². The zero-order valence-corrected chi connectivity index (χ0v) is 16.1. The average Bonchev–Trinajstić information content (AvgIpc) is 3.43. The molecule has 4 rings (SSSR count). The van der Waals surface area contributed by atoms with E-state index < -0.39 is 5.76 Å². The Bertz CT molecular complexity index is 1040. The molecular formula is C17H15BrN4O6. The molecule has 0 N–H and O–H groups in total. The topological polar surface area (TPSA) is 115 Å². The fourth-order valence-corrected chi connectivity index (χ4v) is 3.18. The molecule has 1 aliphatic heterocycles. The van der Waals surface area contributed by atoms with Crippen LogP contribution in [0.4, 0.5) is 0 Å². The summed E-state index contributed by atoms with van der Waals surface area (Å²) < 4.78 is 16.9. The minimum absolute atomic E-state index is 0.00244. The van der Waals surface area contributed by atoms with Gasteiger partial charge in [0, 0.05) is 26.2 Å². The lowest BCUT2D eigenvalue weighted by molar-refractivity contribution is -0.133. The van der Waals surface area contributed by atoms with Gasteiger partial charge in [-0.05, 0) is 40.2 Å². The molecule has 0 atom stereocenters. The Labute approximate surface area is 166 Å². The Morgan fingerprint density at radius 1 is 1.07 bits per heavy atom. The molecule has 1 aliphatic rings. The van der Waals surface area contributed by atoms with Gasteiger partial charge >= 0.3 is 5.76 Å². The molecule has 3 aromatic rings. The second-order valence-electron chi connectivity index (χ2n) is 6.08. The number of aromatic nitrogens is 2. The lowest BCUT2D eigenvalue weighted by Crippen LogP contribution is -2.51. The third-order valence-corrected chi connectivity index (χ3v) is 4.75. The van der Waals surface area contributed by atoms with Crippen molar-refractivity contribution in [3.63, 3.8) is 0 Å². The van der Waals surface area contributed by atoms with Gasteiger partial charge in [-0.2, -0.15) is 4.68 Å². The van der Waals surface area contributed by atoms with E-state index in [2.05, 4.69) is 21.0 Å². The van der Waals surface area contributed by atoms with Gasteiger partial charge in [0.1, 0.15) is 6.54 Å². The van der Waals surface area contributed by atoms with Gasteiger partial charge < -0.3 is 23.1 Å². The first kappa shape index (κ1) is 18.3. The van der Waals surface area contributed by atoms with Gasteiger partial charge in [0.25, 0.3) is 11.8 Å². The number of piperazine rings is 1. The van der Waals surface area contributed by atoms with Crippen LogP contribution in [0.3, 0.4) is 0 Å². The normalized spacial score (nSPS) is 14.5. The zero-order chi connectivity index (χ0) is 19.7. The first-order valence-corrected chi connectivity index (χ1v) is 9.25. The Morgan fingerprint density at radius 2 is 1.82 bits per heavy atom. The number of carbonyl (C=O) groups excluding carboxylic acids is 2. The van der Waals surface area contributed by atoms with Gasteiger partial charge in [-0.1, -0.05) is 0 Å². The smallest absolute Gasteiger partial charge is 0.437 e. The molecule has 10 nitrogen and oxygen atoms in total. The maximum atomic E-state index is 12.5. The summed E-state index contributed by atoms with van der Waals surface area (Å²) in [6, 6.07) is 6.49. The quantitative estimate of drug-likeness (QED) is 0.590. The van der Waals surface area contributed by atoms with Gasteiger partial charge in [-0.15, -0.1) is 5.10 Å². The van der Waals surface area contributed by atoms with Crippen molar-refractivity contribution in [2.24, 2.45) is 0 Å². The van der Waals surface area contributed by atoms with E-state index in [4.69, 9.17) is 13.3 Å². The summed E-state index contributed by atoms with van der Waals surface area (Å²) in [4.78, 5) is 39.9. The number of halogens is 1. The SMILES string of the molecule is O=C(Cn1nc(-c2ccc(Br)o2)oc1=O)N1CCN(C(=O)c2ccco2)CC1. The van der Waals surface area contributed by atoms with Gasteiger partial charge in [-0.3, -0.25) is 9.59 Å². The minimum Gasteiger partial charge on any atom is -0.459 e. The zero-order valence-electron chi connectivity index (χ0n) is 14.5. The van der Waals surface area contributed by atoms with Crippen molar-refractivity contribution in [3.8, 4) is 11.7 Å². The second kappa shape index (κ2) is 7.50. The molecule has 0 saturated carbocycles. The number of hydrogen-bond acceptors (Lipinski definition) is 7. The Hall–Kier alpha value is -3.08. The van der Waals surface area contributed by atoms with Crippen LogP contribution in [-0.2, 0) is 11.3 Å². The van der Waals surface area contributed by atoms with Crippen LogP contribution >= 0.6 is 15.9 Å². The van der Waals surface area contributed by atoms with E-state index in [1.807, 2.05) is 0 Å². The lowest BCUT2D eigenvalue weighted by Gasteiger charge is -2.34. The number of nitrogens with zero attached hydrogens (tertiary/aromatic N) is 4. The summed E-state index contributed by atoms with van der Waals surface area (Å²) in [7, 11) is 0. The van der Waals surface area contributed by atoms with Crippen molar-refractivity contribution in [3.05, 3.63) is 51.5 Å². The first-order valence-electron chi connectivity index (χ1n) is 8.45. The van der Waals surface area contributed by atoms with Crippen molar-refractivity contribution in [1.82, 2.24) is 19.6 Å². The van der Waals surface area contributed by atoms with Gasteiger partial charge in [0.2, 0.25) is 5.91 Å². The fourth-order valence-electron chi connectivity index (χ4n) is 2.88. The third-order valence-electron chi connectivity index (χ3n) is 4.33. The highest BCUT2D eigenvalue weighted by atomic mass is 79.9. The lowest BCUT2D eigenvalue weighted by atomic mass is 10.3. The van der Waals surface area contributed by atoms with Crippen LogP contribution in [0.25, 0.3) is 11.7 Å². The molecule has 0 spiro atoms. The van der Waals surface area contributed by atoms with Crippen LogP contribution in [0, 0.1) is 0 Å². The molecule has 0 radical (unpaired) electrons. The van der Waals surface area contributed by atoms with E-state index in [0.717, 1.165) is 4.68 Å². The summed E-state index contributed by atoms with van der Waals surface area (Å²) in [6.07, 6.45) is 1.44. The maximum Gasteiger partial charge on any atom is 0.437 e. The molecule has 0 bridgehead atoms. The second-order valence-corrected chi connectivity index (χ2v) is 6.87. The summed E-state index contributed by atoms with van der Waals surface area (Å²) in [5.74, 6) is -0.696. The molecule has 2 amide bonds. The number of furan rings is 2. The van der Waals surface area contributed by atoms with Crippen LogP contribution < -0.4 is 5.76 Å². The van der Waals surface area contributed by atoms with Gasteiger partial charge in [0.15, 0.2) is 16.2 Å². The van der Waals surface area contributed by atoms with Crippen LogP contribution in [0.1, 0.15) is 10.6 Å². The molecule has 0 unspecified atom stereocenters. The Morgan fingerprint density at radius 3 is 2.46 bits per heavy atom. The van der Waals surface area contributed by atoms with Crippen molar-refractivity contribution in [2.75, 3.05) is 26.2 Å². The van der Waals surface area contributed by atoms with Crippen LogP contribution in [-0.4, -0.2) is 57.6 Å². The third kappa shape index (κ3) is 3.65. The van der Waals surface area contributed by atoms with Gasteiger partial charge in [0.05, 0.1) is 6.26 Å². The molecule has 0 aliphatic carbocycles. The highest BCUT2D eigenvalue weighted by molar-refractivity contribution is 9.10.